The number of hydrogen-bond acceptors (Lipinski definition) is 3. The number of carboxylic acids is 1. The molecule has 5 nitrogen and oxygen atoms in total. The van der Waals surface area contributed by atoms with Crippen LogP contribution in [0.3, 0.4) is 0 Å². The molecule has 1 amide bonds. The van der Waals surface area contributed by atoms with Crippen LogP contribution in [0.5, 0.6) is 0 Å². The van der Waals surface area contributed by atoms with Gasteiger partial charge >= 0.3 is 5.97 Å². The molecule has 0 radical (unpaired) electrons. The maximum Gasteiger partial charge on any atom is 0.333 e. The van der Waals surface area contributed by atoms with Gasteiger partial charge in [-0.25, -0.2) is 4.79 Å². The molecule has 0 aromatic carbocycles. The summed E-state index contributed by atoms with van der Waals surface area (Å²) in [5.74, 6) is -1.17. The van der Waals surface area contributed by atoms with E-state index in [2.05, 4.69) is 5.32 Å². The van der Waals surface area contributed by atoms with Gasteiger partial charge in [-0.05, 0) is 12.8 Å². The fraction of sp³-hybridized carbons (Fsp3) is 0.818. The zero-order valence-electron chi connectivity index (χ0n) is 9.52. The van der Waals surface area contributed by atoms with Gasteiger partial charge in [-0.1, -0.05) is 19.8 Å². The third-order valence-electron chi connectivity index (χ3n) is 2.92. The third-order valence-corrected chi connectivity index (χ3v) is 2.92. The lowest BCUT2D eigenvalue weighted by molar-refractivity contribution is -0.158. The van der Waals surface area contributed by atoms with Crippen LogP contribution in [0.1, 0.15) is 32.6 Å². The second kappa shape index (κ2) is 6.48. The van der Waals surface area contributed by atoms with Gasteiger partial charge in [-0.15, -0.1) is 0 Å². The van der Waals surface area contributed by atoms with Crippen molar-refractivity contribution in [2.45, 2.75) is 44.8 Å². The highest BCUT2D eigenvalue weighted by Crippen LogP contribution is 2.24. The zero-order valence-corrected chi connectivity index (χ0v) is 9.52. The van der Waals surface area contributed by atoms with E-state index in [9.17, 15) is 9.59 Å². The molecular weight excluding hydrogens is 210 g/mol. The van der Waals surface area contributed by atoms with Crippen LogP contribution in [0.25, 0.3) is 0 Å². The molecule has 0 aliphatic heterocycles. The summed E-state index contributed by atoms with van der Waals surface area (Å²) in [5, 5.41) is 11.5. The molecule has 1 aliphatic rings. The van der Waals surface area contributed by atoms with Gasteiger partial charge in [-0.2, -0.15) is 0 Å². The van der Waals surface area contributed by atoms with Gasteiger partial charge in [0.1, 0.15) is 0 Å². The van der Waals surface area contributed by atoms with Crippen molar-refractivity contribution in [3.8, 4) is 0 Å². The van der Waals surface area contributed by atoms with Crippen molar-refractivity contribution in [3.05, 3.63) is 0 Å². The Hall–Kier alpha value is -1.10. The standard InChI is InChI=1S/C11H19NO4/c1-8(6-12-7-13)10(11(14)15)16-9-4-2-3-5-9/h7-10H,2-6H2,1H3,(H,12,13)(H,14,15). The molecule has 16 heavy (non-hydrogen) atoms. The van der Waals surface area contributed by atoms with E-state index in [1.807, 2.05) is 0 Å². The summed E-state index contributed by atoms with van der Waals surface area (Å²) in [6, 6.07) is 0. The summed E-state index contributed by atoms with van der Waals surface area (Å²) in [4.78, 5) is 21.2. The molecule has 0 aromatic rings. The molecule has 0 bridgehead atoms. The molecule has 1 rings (SSSR count). The van der Waals surface area contributed by atoms with Crippen LogP contribution in [0.2, 0.25) is 0 Å². The topological polar surface area (TPSA) is 75.6 Å². The summed E-state index contributed by atoms with van der Waals surface area (Å²) >= 11 is 0. The number of ether oxygens (including phenoxy) is 1. The van der Waals surface area contributed by atoms with Crippen LogP contribution in [0, 0.1) is 5.92 Å². The highest BCUT2D eigenvalue weighted by atomic mass is 16.5. The Balaban J connectivity index is 2.45. The quantitative estimate of drug-likeness (QED) is 0.633. The molecule has 0 spiro atoms. The van der Waals surface area contributed by atoms with Gasteiger partial charge in [0.2, 0.25) is 6.41 Å². The third kappa shape index (κ3) is 3.81. The first kappa shape index (κ1) is 13.0. The number of carbonyl (C=O) groups is 2. The minimum atomic E-state index is -0.952. The molecule has 1 aliphatic carbocycles. The van der Waals surface area contributed by atoms with E-state index in [4.69, 9.17) is 9.84 Å². The Bertz CT molecular complexity index is 238. The minimum Gasteiger partial charge on any atom is -0.479 e. The van der Waals surface area contributed by atoms with Crippen LogP contribution in [0.15, 0.2) is 0 Å². The van der Waals surface area contributed by atoms with Crippen LogP contribution in [-0.4, -0.2) is 36.2 Å². The molecule has 5 heteroatoms. The molecular formula is C11H19NO4. The maximum atomic E-state index is 11.1. The lowest BCUT2D eigenvalue weighted by Crippen LogP contribution is -2.38. The Morgan fingerprint density at radius 2 is 2.19 bits per heavy atom. The van der Waals surface area contributed by atoms with Crippen LogP contribution in [0.4, 0.5) is 0 Å². The van der Waals surface area contributed by atoms with Crippen LogP contribution < -0.4 is 5.32 Å². The summed E-state index contributed by atoms with van der Waals surface area (Å²) in [6.07, 6.45) is 3.92. The fourth-order valence-corrected chi connectivity index (χ4v) is 2.01. The van der Waals surface area contributed by atoms with Crippen molar-refractivity contribution in [1.29, 1.82) is 0 Å². The lowest BCUT2D eigenvalue weighted by Gasteiger charge is -2.23. The van der Waals surface area contributed by atoms with Crippen molar-refractivity contribution in [2.75, 3.05) is 6.54 Å². The minimum absolute atomic E-state index is 0.0692. The van der Waals surface area contributed by atoms with Gasteiger partial charge in [-0.3, -0.25) is 4.79 Å². The first-order chi connectivity index (χ1) is 7.65. The van der Waals surface area contributed by atoms with E-state index in [-0.39, 0.29) is 12.0 Å². The smallest absolute Gasteiger partial charge is 0.333 e. The molecule has 0 heterocycles. The van der Waals surface area contributed by atoms with Gasteiger partial charge in [0, 0.05) is 12.5 Å². The van der Waals surface area contributed by atoms with Crippen LogP contribution in [-0.2, 0) is 14.3 Å². The number of amides is 1. The second-order valence-corrected chi connectivity index (χ2v) is 4.30. The van der Waals surface area contributed by atoms with Crippen molar-refractivity contribution in [1.82, 2.24) is 5.32 Å². The monoisotopic (exact) mass is 229 g/mol. The van der Waals surface area contributed by atoms with Crippen molar-refractivity contribution < 1.29 is 19.4 Å². The van der Waals surface area contributed by atoms with E-state index in [1.165, 1.54) is 0 Å². The summed E-state index contributed by atoms with van der Waals surface area (Å²) < 4.78 is 5.58. The van der Waals surface area contributed by atoms with Crippen molar-refractivity contribution >= 4 is 12.4 Å². The predicted molar refractivity (Wildman–Crippen MR) is 58.0 cm³/mol. The average molecular weight is 229 g/mol. The summed E-state index contributed by atoms with van der Waals surface area (Å²) in [6.45, 7) is 2.09. The molecule has 2 atom stereocenters. The van der Waals surface area contributed by atoms with Crippen LogP contribution >= 0.6 is 0 Å². The molecule has 92 valence electrons. The molecule has 1 fully saturated rings. The number of carboxylic acid groups (broad SMARTS) is 1. The number of hydrogen-bond donors (Lipinski definition) is 2. The Kier molecular flexibility index (Phi) is 5.25. The number of aliphatic carboxylic acids is 1. The van der Waals surface area contributed by atoms with E-state index in [0.29, 0.717) is 13.0 Å². The number of carbonyl (C=O) groups excluding carboxylic acids is 1. The summed E-state index contributed by atoms with van der Waals surface area (Å²) in [7, 11) is 0. The van der Waals surface area contributed by atoms with E-state index < -0.39 is 12.1 Å². The first-order valence-corrected chi connectivity index (χ1v) is 5.70. The van der Waals surface area contributed by atoms with Crippen molar-refractivity contribution in [3.63, 3.8) is 0 Å². The second-order valence-electron chi connectivity index (χ2n) is 4.30. The highest BCUT2D eigenvalue weighted by molar-refractivity contribution is 5.72. The molecule has 2 N–H and O–H groups in total. The molecule has 1 saturated carbocycles. The van der Waals surface area contributed by atoms with Gasteiger partial charge in [0.05, 0.1) is 6.10 Å². The van der Waals surface area contributed by atoms with Gasteiger partial charge < -0.3 is 15.2 Å². The normalized spacial score (nSPS) is 20.3. The van der Waals surface area contributed by atoms with E-state index in [0.717, 1.165) is 25.7 Å². The zero-order chi connectivity index (χ0) is 12.0. The molecule has 2 unspecified atom stereocenters. The fourth-order valence-electron chi connectivity index (χ4n) is 2.01. The summed E-state index contributed by atoms with van der Waals surface area (Å²) in [5.41, 5.74) is 0. The highest BCUT2D eigenvalue weighted by Gasteiger charge is 2.29. The molecule has 0 aromatic heterocycles. The predicted octanol–water partition coefficient (Wildman–Crippen LogP) is 0.781. The Labute approximate surface area is 95.2 Å². The van der Waals surface area contributed by atoms with E-state index >= 15 is 0 Å². The first-order valence-electron chi connectivity index (χ1n) is 5.70. The van der Waals surface area contributed by atoms with Gasteiger partial charge in [0.15, 0.2) is 6.10 Å². The average Bonchev–Trinajstić information content (AvgIpc) is 2.74. The maximum absolute atomic E-state index is 11.1. The van der Waals surface area contributed by atoms with Gasteiger partial charge in [0.25, 0.3) is 0 Å². The van der Waals surface area contributed by atoms with Crippen molar-refractivity contribution in [2.24, 2.45) is 5.92 Å². The SMILES string of the molecule is CC(CNC=O)C(OC1CCCC1)C(=O)O. The molecule has 0 saturated heterocycles. The Morgan fingerprint density at radius 1 is 1.56 bits per heavy atom. The lowest BCUT2D eigenvalue weighted by atomic mass is 10.0. The number of nitrogens with one attached hydrogen (secondary N) is 1. The largest absolute Gasteiger partial charge is 0.479 e. The Morgan fingerprint density at radius 3 is 2.69 bits per heavy atom. The van der Waals surface area contributed by atoms with E-state index in [1.54, 1.807) is 6.92 Å². The number of rotatable bonds is 7.